The lowest BCUT2D eigenvalue weighted by molar-refractivity contribution is -0.146. The molecule has 2 aromatic rings. The van der Waals surface area contributed by atoms with Crippen LogP contribution >= 0.6 is 0 Å². The van der Waals surface area contributed by atoms with E-state index in [1.165, 1.54) is 12.3 Å². The third-order valence-corrected chi connectivity index (χ3v) is 6.61. The van der Waals surface area contributed by atoms with Gasteiger partial charge in [0.25, 0.3) is 5.92 Å². The summed E-state index contributed by atoms with van der Waals surface area (Å²) in [5, 5.41) is 0. The summed E-state index contributed by atoms with van der Waals surface area (Å²) in [5.41, 5.74) is 3.96. The largest absolute Gasteiger partial charge is 0.463 e. The molecular formula is C28H39F2N3O2. The van der Waals surface area contributed by atoms with Crippen molar-refractivity contribution in [2.75, 3.05) is 18.0 Å². The van der Waals surface area contributed by atoms with Crippen LogP contribution in [0.25, 0.3) is 11.3 Å². The van der Waals surface area contributed by atoms with E-state index in [0.29, 0.717) is 5.69 Å². The second-order valence-corrected chi connectivity index (χ2v) is 11.2. The molecule has 3 heterocycles. The summed E-state index contributed by atoms with van der Waals surface area (Å²) in [4.78, 5) is 23.9. The standard InChI is InChI=1S/C28H39F2N3O2/c1-18(2)15-28(29,30)21-8-9-24(32-16-21)23-17-31-20(5)22(14-25(34)35-19(3)4)26(23)33-12-10-27(6,7)11-13-33/h8-9,16-19H,10-15H2,1-7H3. The Morgan fingerprint density at radius 2 is 1.77 bits per heavy atom. The lowest BCUT2D eigenvalue weighted by Crippen LogP contribution is -2.38. The molecule has 0 amide bonds. The highest BCUT2D eigenvalue weighted by Crippen LogP contribution is 2.40. The van der Waals surface area contributed by atoms with Crippen LogP contribution in [0.1, 0.15) is 77.6 Å². The Hall–Kier alpha value is -2.57. The molecule has 0 aromatic carbocycles. The van der Waals surface area contributed by atoms with Gasteiger partial charge in [-0.3, -0.25) is 14.8 Å². The Labute approximate surface area is 208 Å². The molecule has 2 aromatic heterocycles. The molecule has 1 fully saturated rings. The fraction of sp³-hybridized carbons (Fsp3) is 0.607. The van der Waals surface area contributed by atoms with Crippen molar-refractivity contribution in [3.05, 3.63) is 41.3 Å². The molecule has 192 valence electrons. The lowest BCUT2D eigenvalue weighted by Gasteiger charge is -2.40. The van der Waals surface area contributed by atoms with Crippen LogP contribution in [0.2, 0.25) is 0 Å². The summed E-state index contributed by atoms with van der Waals surface area (Å²) in [7, 11) is 0. The molecule has 3 rings (SSSR count). The molecule has 0 bridgehead atoms. The van der Waals surface area contributed by atoms with Gasteiger partial charge >= 0.3 is 5.97 Å². The fourth-order valence-electron chi connectivity index (χ4n) is 4.58. The van der Waals surface area contributed by atoms with Gasteiger partial charge in [0.05, 0.1) is 23.9 Å². The molecule has 0 atom stereocenters. The van der Waals surface area contributed by atoms with E-state index in [4.69, 9.17) is 4.74 Å². The smallest absolute Gasteiger partial charge is 0.310 e. The van der Waals surface area contributed by atoms with Gasteiger partial charge in [0.2, 0.25) is 0 Å². The highest BCUT2D eigenvalue weighted by Gasteiger charge is 2.33. The Morgan fingerprint density at radius 3 is 2.31 bits per heavy atom. The number of piperidine rings is 1. The third kappa shape index (κ3) is 6.77. The minimum Gasteiger partial charge on any atom is -0.463 e. The maximum Gasteiger partial charge on any atom is 0.310 e. The van der Waals surface area contributed by atoms with Crippen LogP contribution in [0.4, 0.5) is 14.5 Å². The Morgan fingerprint density at radius 1 is 1.11 bits per heavy atom. The maximum absolute atomic E-state index is 14.6. The highest BCUT2D eigenvalue weighted by molar-refractivity contribution is 5.84. The second-order valence-electron chi connectivity index (χ2n) is 11.2. The number of anilines is 1. The zero-order valence-corrected chi connectivity index (χ0v) is 22.1. The number of carbonyl (C=O) groups is 1. The molecule has 0 saturated carbocycles. The van der Waals surface area contributed by atoms with Crippen molar-refractivity contribution in [3.8, 4) is 11.3 Å². The Kier molecular flexibility index (Phi) is 8.17. The van der Waals surface area contributed by atoms with Gasteiger partial charge in [-0.15, -0.1) is 0 Å². The van der Waals surface area contributed by atoms with E-state index in [0.717, 1.165) is 48.4 Å². The first-order valence-electron chi connectivity index (χ1n) is 12.6. The molecule has 35 heavy (non-hydrogen) atoms. The number of aromatic nitrogens is 2. The summed E-state index contributed by atoms with van der Waals surface area (Å²) in [6, 6.07) is 3.10. The van der Waals surface area contributed by atoms with Gasteiger partial charge in [-0.25, -0.2) is 8.78 Å². The van der Waals surface area contributed by atoms with E-state index in [2.05, 4.69) is 28.7 Å². The maximum atomic E-state index is 14.6. The van der Waals surface area contributed by atoms with E-state index in [1.54, 1.807) is 26.1 Å². The normalized spacial score (nSPS) is 16.1. The van der Waals surface area contributed by atoms with Gasteiger partial charge < -0.3 is 9.64 Å². The van der Waals surface area contributed by atoms with Crippen molar-refractivity contribution in [3.63, 3.8) is 0 Å². The van der Waals surface area contributed by atoms with Gasteiger partial charge in [-0.1, -0.05) is 27.7 Å². The third-order valence-electron chi connectivity index (χ3n) is 6.61. The van der Waals surface area contributed by atoms with Gasteiger partial charge in [0.15, 0.2) is 0 Å². The van der Waals surface area contributed by atoms with Crippen LogP contribution in [0, 0.1) is 18.3 Å². The SMILES string of the molecule is Cc1ncc(-c2ccc(C(F)(F)CC(C)C)cn2)c(N2CCC(C)(C)CC2)c1CC(=O)OC(C)C. The minimum absolute atomic E-state index is 0.0861. The van der Waals surface area contributed by atoms with E-state index in [1.807, 2.05) is 20.8 Å². The van der Waals surface area contributed by atoms with Crippen LogP contribution in [-0.2, 0) is 21.9 Å². The van der Waals surface area contributed by atoms with Gasteiger partial charge in [0.1, 0.15) is 0 Å². The molecule has 0 N–H and O–H groups in total. The number of esters is 1. The summed E-state index contributed by atoms with van der Waals surface area (Å²) < 4.78 is 34.7. The number of hydrogen-bond acceptors (Lipinski definition) is 5. The van der Waals surface area contributed by atoms with E-state index in [-0.39, 0.29) is 41.8 Å². The van der Waals surface area contributed by atoms with Crippen molar-refractivity contribution in [1.29, 1.82) is 0 Å². The average Bonchev–Trinajstić information content (AvgIpc) is 2.74. The van der Waals surface area contributed by atoms with Crippen LogP contribution in [0.3, 0.4) is 0 Å². The molecule has 7 heteroatoms. The summed E-state index contributed by atoms with van der Waals surface area (Å²) in [5.74, 6) is -3.37. The Bertz CT molecular complexity index is 1020. The average molecular weight is 488 g/mol. The number of halogens is 2. The number of rotatable bonds is 8. The molecule has 0 spiro atoms. The summed E-state index contributed by atoms with van der Waals surface area (Å²) in [6.45, 7) is 15.3. The van der Waals surface area contributed by atoms with Crippen molar-refractivity contribution < 1.29 is 18.3 Å². The van der Waals surface area contributed by atoms with E-state index in [9.17, 15) is 13.6 Å². The number of carbonyl (C=O) groups excluding carboxylic acids is 1. The topological polar surface area (TPSA) is 55.3 Å². The number of aryl methyl sites for hydroxylation is 1. The van der Waals surface area contributed by atoms with E-state index >= 15 is 0 Å². The summed E-state index contributed by atoms with van der Waals surface area (Å²) >= 11 is 0. The molecule has 1 saturated heterocycles. The van der Waals surface area contributed by atoms with Crippen LogP contribution in [0.15, 0.2) is 24.5 Å². The molecule has 5 nitrogen and oxygen atoms in total. The summed E-state index contributed by atoms with van der Waals surface area (Å²) in [6.07, 6.45) is 4.71. The number of hydrogen-bond donors (Lipinski definition) is 0. The first-order chi connectivity index (χ1) is 16.3. The fourth-order valence-corrected chi connectivity index (χ4v) is 4.58. The number of alkyl halides is 2. The number of pyridine rings is 2. The molecule has 0 radical (unpaired) electrons. The van der Waals surface area contributed by atoms with Crippen molar-refractivity contribution in [2.45, 2.75) is 86.2 Å². The first kappa shape index (κ1) is 27.0. The zero-order chi connectivity index (χ0) is 26.0. The highest BCUT2D eigenvalue weighted by atomic mass is 19.3. The van der Waals surface area contributed by atoms with Gasteiger partial charge in [-0.05, 0) is 57.1 Å². The van der Waals surface area contributed by atoms with E-state index < -0.39 is 5.92 Å². The van der Waals surface area contributed by atoms with Crippen molar-refractivity contribution in [1.82, 2.24) is 9.97 Å². The predicted molar refractivity (Wildman–Crippen MR) is 136 cm³/mol. The molecular weight excluding hydrogens is 448 g/mol. The Balaban J connectivity index is 2.05. The number of nitrogens with zero attached hydrogens (tertiary/aromatic N) is 3. The molecule has 0 unspecified atom stereocenters. The van der Waals surface area contributed by atoms with Gasteiger partial charge in [0, 0.05) is 54.3 Å². The quantitative estimate of drug-likeness (QED) is 0.387. The first-order valence-corrected chi connectivity index (χ1v) is 12.6. The van der Waals surface area contributed by atoms with Crippen LogP contribution in [-0.4, -0.2) is 35.1 Å². The predicted octanol–water partition coefficient (Wildman–Crippen LogP) is 6.71. The van der Waals surface area contributed by atoms with Crippen LogP contribution < -0.4 is 4.90 Å². The van der Waals surface area contributed by atoms with Gasteiger partial charge in [-0.2, -0.15) is 0 Å². The number of ether oxygens (including phenoxy) is 1. The van der Waals surface area contributed by atoms with Crippen molar-refractivity contribution in [2.24, 2.45) is 11.3 Å². The second kappa shape index (κ2) is 10.6. The molecule has 1 aliphatic rings. The van der Waals surface area contributed by atoms with Crippen molar-refractivity contribution >= 4 is 11.7 Å². The minimum atomic E-state index is -2.93. The zero-order valence-electron chi connectivity index (χ0n) is 22.1. The molecule has 1 aliphatic heterocycles. The lowest BCUT2D eigenvalue weighted by atomic mass is 9.82. The van der Waals surface area contributed by atoms with Crippen LogP contribution in [0.5, 0.6) is 0 Å². The monoisotopic (exact) mass is 487 g/mol. The molecule has 0 aliphatic carbocycles.